The first-order chi connectivity index (χ1) is 16.9. The predicted octanol–water partition coefficient (Wildman–Crippen LogP) is 6.77. The van der Waals surface area contributed by atoms with E-state index in [-0.39, 0.29) is 11.5 Å². The minimum atomic E-state index is -0.936. The van der Waals surface area contributed by atoms with E-state index in [0.29, 0.717) is 12.1 Å². The molecule has 176 valence electrons. The molecule has 5 nitrogen and oxygen atoms in total. The minimum absolute atomic E-state index is 0.0145. The van der Waals surface area contributed by atoms with Gasteiger partial charge in [-0.1, -0.05) is 65.8 Å². The second-order valence-corrected chi connectivity index (χ2v) is 8.80. The number of rotatable bonds is 7. The van der Waals surface area contributed by atoms with Gasteiger partial charge in [-0.2, -0.15) is 0 Å². The third-order valence-electron chi connectivity index (χ3n) is 6.28. The number of aryl methyl sites for hydroxylation is 3. The van der Waals surface area contributed by atoms with E-state index in [1.165, 1.54) is 11.1 Å². The molecule has 1 heterocycles. The summed E-state index contributed by atoms with van der Waals surface area (Å²) in [6.07, 6.45) is 0.525. The van der Waals surface area contributed by atoms with Gasteiger partial charge in [0.25, 0.3) is 0 Å². The number of hydrogen-bond donors (Lipinski definition) is 2. The standard InChI is InChI=1S/C30H28N2O3/c1-19-6-4-5-7-27(19)28(18-29(32-35)26-16-20(2)31-21(3)17-26)24-12-8-22(9-13-24)23-10-14-25(15-11-23)30(33)34/h4-17,28,35H,18H2,1-3H3,(H,33,34)/b32-29-. The van der Waals surface area contributed by atoms with Crippen LogP contribution in [0, 0.1) is 20.8 Å². The summed E-state index contributed by atoms with van der Waals surface area (Å²) in [7, 11) is 0. The van der Waals surface area contributed by atoms with Crippen LogP contribution in [-0.4, -0.2) is 27.0 Å². The van der Waals surface area contributed by atoms with Gasteiger partial charge < -0.3 is 10.3 Å². The predicted molar refractivity (Wildman–Crippen MR) is 139 cm³/mol. The Morgan fingerprint density at radius 1 is 0.829 bits per heavy atom. The molecule has 0 spiro atoms. The highest BCUT2D eigenvalue weighted by Crippen LogP contribution is 2.33. The Labute approximate surface area is 205 Å². The van der Waals surface area contributed by atoms with E-state index in [9.17, 15) is 10.0 Å². The Balaban J connectivity index is 1.70. The zero-order valence-corrected chi connectivity index (χ0v) is 20.1. The van der Waals surface area contributed by atoms with Crippen LogP contribution < -0.4 is 0 Å². The molecule has 0 radical (unpaired) electrons. The second-order valence-electron chi connectivity index (χ2n) is 8.80. The van der Waals surface area contributed by atoms with E-state index in [1.807, 2.05) is 62.4 Å². The Hall–Kier alpha value is -4.25. The first-order valence-corrected chi connectivity index (χ1v) is 11.5. The number of carboxylic acids is 1. The fourth-order valence-electron chi connectivity index (χ4n) is 4.51. The lowest BCUT2D eigenvalue weighted by atomic mass is 9.83. The van der Waals surface area contributed by atoms with E-state index in [0.717, 1.165) is 33.6 Å². The summed E-state index contributed by atoms with van der Waals surface area (Å²) < 4.78 is 0. The van der Waals surface area contributed by atoms with Crippen LogP contribution in [0.1, 0.15) is 56.3 Å². The third kappa shape index (κ3) is 5.46. The van der Waals surface area contributed by atoms with Gasteiger partial charge >= 0.3 is 5.97 Å². The Kier molecular flexibility index (Phi) is 7.06. The molecule has 1 unspecified atom stereocenters. The van der Waals surface area contributed by atoms with Crippen LogP contribution >= 0.6 is 0 Å². The number of aromatic carboxylic acids is 1. The molecule has 5 heteroatoms. The molecule has 1 aromatic heterocycles. The summed E-state index contributed by atoms with van der Waals surface area (Å²) >= 11 is 0. The second kappa shape index (κ2) is 10.3. The van der Waals surface area contributed by atoms with E-state index in [1.54, 1.807) is 12.1 Å². The lowest BCUT2D eigenvalue weighted by molar-refractivity contribution is 0.0697. The van der Waals surface area contributed by atoms with Crippen LogP contribution in [0.3, 0.4) is 0 Å². The van der Waals surface area contributed by atoms with Crippen molar-refractivity contribution in [1.29, 1.82) is 0 Å². The zero-order chi connectivity index (χ0) is 24.9. The van der Waals surface area contributed by atoms with Gasteiger partial charge in [0.05, 0.1) is 11.3 Å². The fraction of sp³-hybridized carbons (Fsp3) is 0.167. The molecule has 3 aromatic carbocycles. The van der Waals surface area contributed by atoms with Crippen molar-refractivity contribution in [2.75, 3.05) is 0 Å². The molecule has 0 aliphatic rings. The van der Waals surface area contributed by atoms with Gasteiger partial charge in [-0.05, 0) is 72.9 Å². The van der Waals surface area contributed by atoms with Crippen molar-refractivity contribution in [2.24, 2.45) is 5.16 Å². The summed E-state index contributed by atoms with van der Waals surface area (Å²) in [6, 6.07) is 27.3. The van der Waals surface area contributed by atoms with E-state index < -0.39 is 5.97 Å². The van der Waals surface area contributed by atoms with Crippen molar-refractivity contribution in [1.82, 2.24) is 4.98 Å². The Morgan fingerprint density at radius 2 is 1.40 bits per heavy atom. The van der Waals surface area contributed by atoms with Crippen molar-refractivity contribution in [3.63, 3.8) is 0 Å². The maximum Gasteiger partial charge on any atom is 0.335 e. The molecule has 0 aliphatic carbocycles. The summed E-state index contributed by atoms with van der Waals surface area (Å²) in [4.78, 5) is 15.6. The fourth-order valence-corrected chi connectivity index (χ4v) is 4.51. The number of hydrogen-bond acceptors (Lipinski definition) is 4. The van der Waals surface area contributed by atoms with Crippen molar-refractivity contribution in [2.45, 2.75) is 33.1 Å². The zero-order valence-electron chi connectivity index (χ0n) is 20.1. The van der Waals surface area contributed by atoms with Crippen LogP contribution in [0.25, 0.3) is 11.1 Å². The Morgan fingerprint density at radius 3 is 1.94 bits per heavy atom. The monoisotopic (exact) mass is 464 g/mol. The number of nitrogens with zero attached hydrogens (tertiary/aromatic N) is 2. The first kappa shape index (κ1) is 23.9. The lowest BCUT2D eigenvalue weighted by Gasteiger charge is -2.21. The average Bonchev–Trinajstić information content (AvgIpc) is 2.85. The van der Waals surface area contributed by atoms with Gasteiger partial charge in [0.15, 0.2) is 0 Å². The molecule has 0 bridgehead atoms. The molecule has 35 heavy (non-hydrogen) atoms. The van der Waals surface area contributed by atoms with Crippen LogP contribution in [0.2, 0.25) is 0 Å². The maximum absolute atomic E-state index is 11.2. The molecule has 0 fully saturated rings. The van der Waals surface area contributed by atoms with Crippen molar-refractivity contribution in [3.8, 4) is 11.1 Å². The topological polar surface area (TPSA) is 82.8 Å². The SMILES string of the molecule is Cc1cc(/C(CC(c2ccc(-c3ccc(C(=O)O)cc3)cc2)c2ccccc2C)=N\O)cc(C)n1. The molecule has 0 saturated carbocycles. The Bertz CT molecular complexity index is 1350. The van der Waals surface area contributed by atoms with Gasteiger partial charge in [0.1, 0.15) is 0 Å². The summed E-state index contributed by atoms with van der Waals surface area (Å²) in [6.45, 7) is 5.97. The highest BCUT2D eigenvalue weighted by atomic mass is 16.4. The highest BCUT2D eigenvalue weighted by Gasteiger charge is 2.21. The smallest absolute Gasteiger partial charge is 0.335 e. The molecule has 0 amide bonds. The van der Waals surface area contributed by atoms with Crippen LogP contribution in [0.15, 0.2) is 90.1 Å². The number of pyridine rings is 1. The van der Waals surface area contributed by atoms with Crippen LogP contribution in [0.4, 0.5) is 0 Å². The number of carboxylic acid groups (broad SMARTS) is 1. The van der Waals surface area contributed by atoms with Crippen LogP contribution in [0.5, 0.6) is 0 Å². The quantitative estimate of drug-likeness (QED) is 0.180. The maximum atomic E-state index is 11.2. The molecule has 2 N–H and O–H groups in total. The van der Waals surface area contributed by atoms with Gasteiger partial charge in [-0.15, -0.1) is 0 Å². The largest absolute Gasteiger partial charge is 0.478 e. The molecule has 1 atom stereocenters. The van der Waals surface area contributed by atoms with E-state index in [4.69, 9.17) is 5.11 Å². The molecular formula is C30H28N2O3. The summed E-state index contributed by atoms with van der Waals surface area (Å²) in [5.41, 5.74) is 8.92. The average molecular weight is 465 g/mol. The number of benzene rings is 3. The van der Waals surface area contributed by atoms with Gasteiger partial charge in [-0.25, -0.2) is 4.79 Å². The number of carbonyl (C=O) groups is 1. The number of aromatic nitrogens is 1. The normalized spacial score (nSPS) is 12.4. The molecular weight excluding hydrogens is 436 g/mol. The molecule has 4 aromatic rings. The highest BCUT2D eigenvalue weighted by molar-refractivity contribution is 6.01. The van der Waals surface area contributed by atoms with E-state index in [2.05, 4.69) is 41.3 Å². The van der Waals surface area contributed by atoms with Gasteiger partial charge in [-0.3, -0.25) is 4.98 Å². The van der Waals surface area contributed by atoms with Crippen LogP contribution in [-0.2, 0) is 0 Å². The van der Waals surface area contributed by atoms with Gasteiger partial charge in [0, 0.05) is 29.3 Å². The summed E-state index contributed by atoms with van der Waals surface area (Å²) in [5, 5.41) is 22.8. The summed E-state index contributed by atoms with van der Waals surface area (Å²) in [5.74, 6) is -0.951. The van der Waals surface area contributed by atoms with Crippen molar-refractivity contribution in [3.05, 3.63) is 124 Å². The van der Waals surface area contributed by atoms with Gasteiger partial charge in [0.2, 0.25) is 0 Å². The molecule has 0 saturated heterocycles. The molecule has 0 aliphatic heterocycles. The molecule has 4 rings (SSSR count). The third-order valence-corrected chi connectivity index (χ3v) is 6.28. The number of oxime groups is 1. The minimum Gasteiger partial charge on any atom is -0.478 e. The lowest BCUT2D eigenvalue weighted by Crippen LogP contribution is -2.12. The van der Waals surface area contributed by atoms with E-state index >= 15 is 0 Å². The first-order valence-electron chi connectivity index (χ1n) is 11.5. The van der Waals surface area contributed by atoms with Crippen molar-refractivity contribution >= 4 is 11.7 Å². The van der Waals surface area contributed by atoms with Crippen molar-refractivity contribution < 1.29 is 15.1 Å².